The van der Waals surface area contributed by atoms with Crippen LogP contribution in [-0.4, -0.2) is 12.9 Å². The van der Waals surface area contributed by atoms with Crippen molar-refractivity contribution in [2.75, 3.05) is 12.2 Å². The molecule has 5 nitrogen and oxygen atoms in total. The fourth-order valence-electron chi connectivity index (χ4n) is 1.95. The van der Waals surface area contributed by atoms with Crippen molar-refractivity contribution in [2.24, 2.45) is 5.10 Å². The van der Waals surface area contributed by atoms with Crippen LogP contribution >= 0.6 is 0 Å². The van der Waals surface area contributed by atoms with Gasteiger partial charge in [0.2, 0.25) is 0 Å². The standard InChI is InChI=1S/C15H16N4O/c1-11-3-5-12(6-4-11)15-16-18-19(17-15)13-7-9-14(20-2)10-8-13/h3-10,18H,1-2H3,(H,16,17). The Labute approximate surface area is 117 Å². The zero-order chi connectivity index (χ0) is 13.9. The van der Waals surface area contributed by atoms with Crippen LogP contribution in [0.3, 0.4) is 0 Å². The predicted molar refractivity (Wildman–Crippen MR) is 79.5 cm³/mol. The van der Waals surface area contributed by atoms with Gasteiger partial charge >= 0.3 is 0 Å². The molecule has 0 saturated carbocycles. The molecule has 1 aliphatic heterocycles. The highest BCUT2D eigenvalue weighted by Crippen LogP contribution is 2.18. The van der Waals surface area contributed by atoms with Crippen LogP contribution in [0.1, 0.15) is 11.1 Å². The summed E-state index contributed by atoms with van der Waals surface area (Å²) in [6.45, 7) is 2.07. The molecular weight excluding hydrogens is 252 g/mol. The largest absolute Gasteiger partial charge is 0.497 e. The van der Waals surface area contributed by atoms with E-state index in [0.29, 0.717) is 0 Å². The van der Waals surface area contributed by atoms with Crippen molar-refractivity contribution < 1.29 is 4.74 Å². The van der Waals surface area contributed by atoms with Gasteiger partial charge < -0.3 is 4.74 Å². The molecule has 0 fully saturated rings. The molecule has 5 heteroatoms. The second-order valence-electron chi connectivity index (χ2n) is 4.57. The van der Waals surface area contributed by atoms with Crippen molar-refractivity contribution in [1.29, 1.82) is 0 Å². The number of methoxy groups -OCH3 is 1. The van der Waals surface area contributed by atoms with Crippen LogP contribution in [0.2, 0.25) is 0 Å². The minimum atomic E-state index is 0.792. The quantitative estimate of drug-likeness (QED) is 0.896. The molecule has 2 aromatic carbocycles. The van der Waals surface area contributed by atoms with Crippen LogP contribution in [0.15, 0.2) is 53.6 Å². The van der Waals surface area contributed by atoms with Crippen LogP contribution in [-0.2, 0) is 0 Å². The SMILES string of the molecule is COc1ccc(N2NN=C(c3ccc(C)cc3)N2)cc1. The Morgan fingerprint density at radius 2 is 1.70 bits per heavy atom. The first-order chi connectivity index (χ1) is 9.76. The number of hydrogen-bond acceptors (Lipinski definition) is 5. The zero-order valence-corrected chi connectivity index (χ0v) is 11.4. The van der Waals surface area contributed by atoms with Crippen LogP contribution in [0.25, 0.3) is 0 Å². The van der Waals surface area contributed by atoms with Gasteiger partial charge in [-0.25, -0.2) is 0 Å². The van der Waals surface area contributed by atoms with Gasteiger partial charge in [-0.15, -0.1) is 5.10 Å². The summed E-state index contributed by atoms with van der Waals surface area (Å²) in [5, 5.41) is 6.04. The molecular formula is C15H16N4O. The van der Waals surface area contributed by atoms with Gasteiger partial charge in [0.15, 0.2) is 5.84 Å². The average Bonchev–Trinajstić information content (AvgIpc) is 2.98. The number of hydrazine groups is 2. The van der Waals surface area contributed by atoms with Gasteiger partial charge in [0.05, 0.1) is 12.8 Å². The lowest BCUT2D eigenvalue weighted by Gasteiger charge is -2.18. The fraction of sp³-hybridized carbons (Fsp3) is 0.133. The molecule has 0 saturated heterocycles. The van der Waals surface area contributed by atoms with E-state index < -0.39 is 0 Å². The molecule has 102 valence electrons. The number of hydrogen-bond donors (Lipinski definition) is 2. The molecule has 2 aromatic rings. The van der Waals surface area contributed by atoms with Crippen molar-refractivity contribution >= 4 is 11.5 Å². The Morgan fingerprint density at radius 3 is 2.35 bits per heavy atom. The van der Waals surface area contributed by atoms with Gasteiger partial charge in [-0.3, -0.25) is 5.43 Å². The summed E-state index contributed by atoms with van der Waals surface area (Å²) in [4.78, 5) is 0. The maximum Gasteiger partial charge on any atom is 0.175 e. The Bertz CT molecular complexity index is 619. The van der Waals surface area contributed by atoms with Crippen LogP contribution in [0.5, 0.6) is 5.75 Å². The number of ether oxygens (including phenoxy) is 1. The van der Waals surface area contributed by atoms with Crippen molar-refractivity contribution in [1.82, 2.24) is 11.0 Å². The van der Waals surface area contributed by atoms with Crippen molar-refractivity contribution in [3.05, 3.63) is 59.7 Å². The van der Waals surface area contributed by atoms with Crippen molar-refractivity contribution in [2.45, 2.75) is 6.92 Å². The molecule has 2 N–H and O–H groups in total. The van der Waals surface area contributed by atoms with Gasteiger partial charge in [0.1, 0.15) is 5.75 Å². The molecule has 0 aromatic heterocycles. The minimum absolute atomic E-state index is 0.792. The monoisotopic (exact) mass is 268 g/mol. The maximum atomic E-state index is 5.15. The highest BCUT2D eigenvalue weighted by Gasteiger charge is 2.16. The smallest absolute Gasteiger partial charge is 0.175 e. The molecule has 0 aliphatic carbocycles. The average molecular weight is 268 g/mol. The number of hydrazone groups is 1. The lowest BCUT2D eigenvalue weighted by molar-refractivity contribution is 0.414. The predicted octanol–water partition coefficient (Wildman–Crippen LogP) is 2.19. The van der Waals surface area contributed by atoms with E-state index in [9.17, 15) is 0 Å². The summed E-state index contributed by atoms with van der Waals surface area (Å²) in [5.41, 5.74) is 9.38. The molecule has 0 bridgehead atoms. The highest BCUT2D eigenvalue weighted by molar-refractivity contribution is 6.00. The molecule has 3 rings (SSSR count). The third-order valence-electron chi connectivity index (χ3n) is 3.14. The van der Waals surface area contributed by atoms with E-state index in [1.54, 1.807) is 12.2 Å². The third-order valence-corrected chi connectivity index (χ3v) is 3.14. The summed E-state index contributed by atoms with van der Waals surface area (Å²) in [6, 6.07) is 15.9. The second kappa shape index (κ2) is 5.13. The van der Waals surface area contributed by atoms with E-state index in [0.717, 1.165) is 22.8 Å². The number of nitrogens with zero attached hydrogens (tertiary/aromatic N) is 2. The third kappa shape index (κ3) is 2.38. The van der Waals surface area contributed by atoms with E-state index in [-0.39, 0.29) is 0 Å². The van der Waals surface area contributed by atoms with Gasteiger partial charge in [-0.05, 0) is 31.2 Å². The van der Waals surface area contributed by atoms with E-state index in [4.69, 9.17) is 4.74 Å². The molecule has 0 amide bonds. The lowest BCUT2D eigenvalue weighted by Crippen LogP contribution is -2.41. The van der Waals surface area contributed by atoms with Crippen molar-refractivity contribution in [3.63, 3.8) is 0 Å². The molecule has 0 unspecified atom stereocenters. The lowest BCUT2D eigenvalue weighted by atomic mass is 10.1. The Kier molecular flexibility index (Phi) is 3.16. The molecule has 0 atom stereocenters. The molecule has 0 spiro atoms. The number of aryl methyl sites for hydroxylation is 1. The van der Waals surface area contributed by atoms with Gasteiger partial charge in [-0.1, -0.05) is 29.8 Å². The summed E-state index contributed by atoms with van der Waals surface area (Å²) in [7, 11) is 1.65. The van der Waals surface area contributed by atoms with Crippen LogP contribution < -0.4 is 20.8 Å². The van der Waals surface area contributed by atoms with E-state index in [1.165, 1.54) is 5.56 Å². The van der Waals surface area contributed by atoms with Gasteiger partial charge in [-0.2, -0.15) is 10.7 Å². The summed E-state index contributed by atoms with van der Waals surface area (Å²) < 4.78 is 5.15. The minimum Gasteiger partial charge on any atom is -0.497 e. The van der Waals surface area contributed by atoms with Gasteiger partial charge in [0.25, 0.3) is 0 Å². The molecule has 0 radical (unpaired) electrons. The number of rotatable bonds is 3. The highest BCUT2D eigenvalue weighted by atomic mass is 16.5. The first-order valence-electron chi connectivity index (χ1n) is 6.37. The number of benzene rings is 2. The number of nitrogens with one attached hydrogen (secondary N) is 2. The first-order valence-corrected chi connectivity index (χ1v) is 6.37. The number of amidine groups is 1. The molecule has 1 heterocycles. The maximum absolute atomic E-state index is 5.15. The first kappa shape index (κ1) is 12.3. The van der Waals surface area contributed by atoms with E-state index >= 15 is 0 Å². The zero-order valence-electron chi connectivity index (χ0n) is 11.4. The number of anilines is 1. The fourth-order valence-corrected chi connectivity index (χ4v) is 1.95. The normalized spacial score (nSPS) is 13.5. The Balaban J connectivity index is 1.73. The molecule has 1 aliphatic rings. The van der Waals surface area contributed by atoms with Gasteiger partial charge in [0, 0.05) is 5.56 Å². The summed E-state index contributed by atoms with van der Waals surface area (Å²) >= 11 is 0. The van der Waals surface area contributed by atoms with Crippen molar-refractivity contribution in [3.8, 4) is 5.75 Å². The molecule has 20 heavy (non-hydrogen) atoms. The second-order valence-corrected chi connectivity index (χ2v) is 4.57. The van der Waals surface area contributed by atoms with E-state index in [1.807, 2.05) is 36.4 Å². The Morgan fingerprint density at radius 1 is 1.00 bits per heavy atom. The van der Waals surface area contributed by atoms with Crippen LogP contribution in [0, 0.1) is 6.92 Å². The topological polar surface area (TPSA) is 48.9 Å². The van der Waals surface area contributed by atoms with Crippen LogP contribution in [0.4, 0.5) is 5.69 Å². The Hall–Kier alpha value is -2.69. The summed E-state index contributed by atoms with van der Waals surface area (Å²) in [5.74, 6) is 1.62. The van der Waals surface area contributed by atoms with E-state index in [2.05, 4.69) is 35.1 Å². The summed E-state index contributed by atoms with van der Waals surface area (Å²) in [6.07, 6.45) is 0.